The summed E-state index contributed by atoms with van der Waals surface area (Å²) in [4.78, 5) is 39.8. The van der Waals surface area contributed by atoms with Crippen molar-refractivity contribution in [2.75, 3.05) is 39.8 Å². The average Bonchev–Trinajstić information content (AvgIpc) is 2.63. The number of hydrogen-bond acceptors (Lipinski definition) is 3. The molecule has 1 saturated heterocycles. The second kappa shape index (κ2) is 7.48. The number of amides is 2. The number of fused-ring (bicyclic) bond motifs is 1. The number of nitrogens with zero attached hydrogens (tertiary/aromatic N) is 2. The van der Waals surface area contributed by atoms with Crippen LogP contribution in [-0.2, 0) is 16.1 Å². The first-order valence-corrected chi connectivity index (χ1v) is 8.48. The second-order valence-corrected chi connectivity index (χ2v) is 6.45. The van der Waals surface area contributed by atoms with Crippen molar-refractivity contribution in [3.63, 3.8) is 0 Å². The SMILES string of the molecule is C[NH+]1CCN(C(=O)CNC(=O)Cn2ccc3ccccc3c2=O)CC1. The van der Waals surface area contributed by atoms with Crippen LogP contribution < -0.4 is 15.8 Å². The van der Waals surface area contributed by atoms with E-state index in [0.717, 1.165) is 18.5 Å². The first kappa shape index (κ1) is 17.2. The fourth-order valence-corrected chi connectivity index (χ4v) is 2.99. The van der Waals surface area contributed by atoms with Crippen molar-refractivity contribution in [1.29, 1.82) is 0 Å². The molecule has 1 aliphatic rings. The molecule has 1 fully saturated rings. The first-order chi connectivity index (χ1) is 12.0. The summed E-state index contributed by atoms with van der Waals surface area (Å²) in [5.41, 5.74) is -0.207. The molecule has 0 unspecified atom stereocenters. The lowest BCUT2D eigenvalue weighted by Gasteiger charge is -2.30. The molecule has 1 aromatic carbocycles. The van der Waals surface area contributed by atoms with Gasteiger partial charge in [0.05, 0.1) is 39.8 Å². The van der Waals surface area contributed by atoms with Gasteiger partial charge in [-0.15, -0.1) is 0 Å². The zero-order chi connectivity index (χ0) is 17.8. The van der Waals surface area contributed by atoms with Gasteiger partial charge in [-0.3, -0.25) is 14.4 Å². The predicted molar refractivity (Wildman–Crippen MR) is 94.4 cm³/mol. The van der Waals surface area contributed by atoms with E-state index in [2.05, 4.69) is 12.4 Å². The van der Waals surface area contributed by atoms with E-state index < -0.39 is 0 Å². The highest BCUT2D eigenvalue weighted by Gasteiger charge is 2.21. The summed E-state index contributed by atoms with van der Waals surface area (Å²) in [6, 6.07) is 9.07. The molecule has 2 N–H and O–H groups in total. The summed E-state index contributed by atoms with van der Waals surface area (Å²) in [6.45, 7) is 3.15. The second-order valence-electron chi connectivity index (χ2n) is 6.45. The molecule has 7 nitrogen and oxygen atoms in total. The number of quaternary nitrogens is 1. The van der Waals surface area contributed by atoms with Gasteiger partial charge in [0.2, 0.25) is 11.8 Å². The molecule has 0 saturated carbocycles. The van der Waals surface area contributed by atoms with E-state index in [1.54, 1.807) is 23.2 Å². The zero-order valence-electron chi connectivity index (χ0n) is 14.3. The minimum absolute atomic E-state index is 0.0276. The maximum absolute atomic E-state index is 12.4. The van der Waals surface area contributed by atoms with Gasteiger partial charge in [0, 0.05) is 11.6 Å². The maximum Gasteiger partial charge on any atom is 0.258 e. The standard InChI is InChI=1S/C18H22N4O3/c1-20-8-10-21(11-9-20)17(24)12-19-16(23)13-22-7-6-14-4-2-3-5-15(14)18(22)25/h2-7H,8-13H2,1H3,(H,19,23)/p+1. The molecule has 0 bridgehead atoms. The summed E-state index contributed by atoms with van der Waals surface area (Å²) >= 11 is 0. The van der Waals surface area contributed by atoms with Gasteiger partial charge >= 0.3 is 0 Å². The van der Waals surface area contributed by atoms with E-state index in [1.165, 1.54) is 9.47 Å². The third-order valence-electron chi connectivity index (χ3n) is 4.61. The molecule has 132 valence electrons. The average molecular weight is 343 g/mol. The van der Waals surface area contributed by atoms with Crippen LogP contribution in [0.2, 0.25) is 0 Å². The van der Waals surface area contributed by atoms with E-state index in [1.807, 2.05) is 18.2 Å². The number of piperazine rings is 1. The Labute approximate surface area is 145 Å². The highest BCUT2D eigenvalue weighted by atomic mass is 16.2. The van der Waals surface area contributed by atoms with Crippen molar-refractivity contribution in [3.05, 3.63) is 46.9 Å². The Morgan fingerprint density at radius 2 is 1.88 bits per heavy atom. The van der Waals surface area contributed by atoms with Crippen LogP contribution in [0.25, 0.3) is 10.8 Å². The van der Waals surface area contributed by atoms with Gasteiger partial charge < -0.3 is 19.7 Å². The van der Waals surface area contributed by atoms with Crippen LogP contribution in [0.1, 0.15) is 0 Å². The molecule has 0 aliphatic carbocycles. The first-order valence-electron chi connectivity index (χ1n) is 8.48. The Bertz CT molecular complexity index is 838. The molecule has 3 rings (SSSR count). The molecular formula is C18H23N4O3+. The number of rotatable bonds is 4. The number of nitrogens with one attached hydrogen (secondary N) is 2. The molecular weight excluding hydrogens is 320 g/mol. The van der Waals surface area contributed by atoms with E-state index in [4.69, 9.17) is 0 Å². The zero-order valence-corrected chi connectivity index (χ0v) is 14.3. The molecule has 2 heterocycles. The number of carbonyl (C=O) groups is 2. The predicted octanol–water partition coefficient (Wildman–Crippen LogP) is -1.53. The summed E-state index contributed by atoms with van der Waals surface area (Å²) in [7, 11) is 2.10. The minimum atomic E-state index is -0.342. The third kappa shape index (κ3) is 4.06. The van der Waals surface area contributed by atoms with Gasteiger partial charge in [-0.25, -0.2) is 0 Å². The number of carbonyl (C=O) groups excluding carboxylic acids is 2. The van der Waals surface area contributed by atoms with Crippen molar-refractivity contribution in [1.82, 2.24) is 14.8 Å². The van der Waals surface area contributed by atoms with Crippen LogP contribution in [0.5, 0.6) is 0 Å². The van der Waals surface area contributed by atoms with Gasteiger partial charge in [-0.05, 0) is 17.5 Å². The lowest BCUT2D eigenvalue weighted by atomic mass is 10.2. The van der Waals surface area contributed by atoms with Gasteiger partial charge in [0.1, 0.15) is 6.54 Å². The normalized spacial score (nSPS) is 15.3. The monoisotopic (exact) mass is 343 g/mol. The van der Waals surface area contributed by atoms with Crippen LogP contribution in [-0.4, -0.2) is 61.1 Å². The van der Waals surface area contributed by atoms with Crippen molar-refractivity contribution in [2.24, 2.45) is 0 Å². The highest BCUT2D eigenvalue weighted by Crippen LogP contribution is 2.07. The third-order valence-corrected chi connectivity index (χ3v) is 4.61. The van der Waals surface area contributed by atoms with Crippen LogP contribution in [0.4, 0.5) is 0 Å². The van der Waals surface area contributed by atoms with Gasteiger partial charge in [-0.1, -0.05) is 18.2 Å². The number of pyridine rings is 1. The number of benzene rings is 1. The number of likely N-dealkylation sites (N-methyl/N-ethyl adjacent to an activating group) is 1. The molecule has 2 aromatic rings. The minimum Gasteiger partial charge on any atom is -0.345 e. The lowest BCUT2D eigenvalue weighted by molar-refractivity contribution is -0.883. The van der Waals surface area contributed by atoms with Crippen molar-refractivity contribution in [2.45, 2.75) is 6.54 Å². The smallest absolute Gasteiger partial charge is 0.258 e. The number of aromatic nitrogens is 1. The van der Waals surface area contributed by atoms with Crippen LogP contribution in [0, 0.1) is 0 Å². The lowest BCUT2D eigenvalue weighted by Crippen LogP contribution is -3.12. The quantitative estimate of drug-likeness (QED) is 0.708. The van der Waals surface area contributed by atoms with E-state index in [-0.39, 0.29) is 30.5 Å². The molecule has 2 amide bonds. The van der Waals surface area contributed by atoms with E-state index in [0.29, 0.717) is 18.5 Å². The number of hydrogen-bond donors (Lipinski definition) is 2. The largest absolute Gasteiger partial charge is 0.345 e. The van der Waals surface area contributed by atoms with Crippen molar-refractivity contribution in [3.8, 4) is 0 Å². The summed E-state index contributed by atoms with van der Waals surface area (Å²) in [5, 5.41) is 4.04. The summed E-state index contributed by atoms with van der Waals surface area (Å²) < 4.78 is 1.36. The van der Waals surface area contributed by atoms with Crippen molar-refractivity contribution >= 4 is 22.6 Å². The molecule has 0 spiro atoms. The molecule has 1 aliphatic heterocycles. The Balaban J connectivity index is 1.57. The highest BCUT2D eigenvalue weighted by molar-refractivity contribution is 5.85. The van der Waals surface area contributed by atoms with Crippen LogP contribution in [0.3, 0.4) is 0 Å². The fraction of sp³-hybridized carbons (Fsp3) is 0.389. The van der Waals surface area contributed by atoms with Crippen LogP contribution >= 0.6 is 0 Å². The van der Waals surface area contributed by atoms with Gasteiger partial charge in [0.25, 0.3) is 5.56 Å². The Kier molecular flexibility index (Phi) is 5.14. The fourth-order valence-electron chi connectivity index (χ4n) is 2.99. The van der Waals surface area contributed by atoms with Gasteiger partial charge in [-0.2, -0.15) is 0 Å². The Hall–Kier alpha value is -2.67. The Morgan fingerprint density at radius 3 is 2.64 bits per heavy atom. The van der Waals surface area contributed by atoms with E-state index >= 15 is 0 Å². The molecule has 0 radical (unpaired) electrons. The molecule has 7 heteroatoms. The maximum atomic E-state index is 12.4. The molecule has 0 atom stereocenters. The van der Waals surface area contributed by atoms with Gasteiger partial charge in [0.15, 0.2) is 0 Å². The summed E-state index contributed by atoms with van der Waals surface area (Å²) in [6.07, 6.45) is 1.61. The summed E-state index contributed by atoms with van der Waals surface area (Å²) in [5.74, 6) is -0.419. The van der Waals surface area contributed by atoms with Crippen LogP contribution in [0.15, 0.2) is 41.3 Å². The molecule has 25 heavy (non-hydrogen) atoms. The van der Waals surface area contributed by atoms with E-state index in [9.17, 15) is 14.4 Å². The van der Waals surface area contributed by atoms with Crippen molar-refractivity contribution < 1.29 is 14.5 Å². The topological polar surface area (TPSA) is 75.8 Å². The Morgan fingerprint density at radius 1 is 1.16 bits per heavy atom. The molecule has 1 aromatic heterocycles.